The van der Waals surface area contributed by atoms with Crippen molar-refractivity contribution in [3.8, 4) is 17.2 Å². The maximum atomic E-state index is 13.2. The Bertz CT molecular complexity index is 1120. The third-order valence-corrected chi connectivity index (χ3v) is 7.15. The molecule has 0 atom stereocenters. The Kier molecular flexibility index (Phi) is 6.16. The average molecular weight is 449 g/mol. The lowest BCUT2D eigenvalue weighted by atomic mass is 9.89. The number of aromatic amines is 1. The second kappa shape index (κ2) is 9.38. The minimum atomic E-state index is 0.0553. The summed E-state index contributed by atoms with van der Waals surface area (Å²) in [5.41, 5.74) is 3.09. The number of carbonyl (C=O) groups is 1. The van der Waals surface area contributed by atoms with Gasteiger partial charge in [0.1, 0.15) is 5.75 Å². The van der Waals surface area contributed by atoms with E-state index in [1.807, 2.05) is 29.2 Å². The summed E-state index contributed by atoms with van der Waals surface area (Å²) in [7, 11) is 3.33. The monoisotopic (exact) mass is 448 g/mol. The summed E-state index contributed by atoms with van der Waals surface area (Å²) in [5.74, 6) is 2.71. The van der Waals surface area contributed by atoms with E-state index in [1.165, 1.54) is 23.8 Å². The first-order valence-corrected chi connectivity index (χ1v) is 11.9. The van der Waals surface area contributed by atoms with Gasteiger partial charge in [-0.05, 0) is 86.4 Å². The number of carbonyl (C=O) groups excluding carboxylic acids is 1. The Morgan fingerprint density at radius 3 is 2.45 bits per heavy atom. The van der Waals surface area contributed by atoms with Gasteiger partial charge in [0, 0.05) is 35.8 Å². The molecular weight excluding hydrogens is 416 g/mol. The molecule has 0 bridgehead atoms. The van der Waals surface area contributed by atoms with Crippen LogP contribution in [0.3, 0.4) is 0 Å². The summed E-state index contributed by atoms with van der Waals surface area (Å²) < 4.78 is 17.1. The smallest absolute Gasteiger partial charge is 0.253 e. The summed E-state index contributed by atoms with van der Waals surface area (Å²) in [6.07, 6.45) is 8.84. The molecule has 5 rings (SSSR count). The standard InChI is InChI=1S/C27H32N2O4/c1-31-21-8-9-24-22(16-21)23(17-28-24)18-11-13-29(14-12-18)27(30)19-7-10-25(26(15-19)32-2)33-20-5-3-4-6-20/h7-10,15-18,20,28H,3-6,11-14H2,1-2H3. The first-order chi connectivity index (χ1) is 16.2. The molecule has 0 unspecified atom stereocenters. The molecule has 6 heteroatoms. The summed E-state index contributed by atoms with van der Waals surface area (Å²) in [6.45, 7) is 1.48. The number of benzene rings is 2. The highest BCUT2D eigenvalue weighted by atomic mass is 16.5. The molecular formula is C27H32N2O4. The largest absolute Gasteiger partial charge is 0.497 e. The molecule has 0 spiro atoms. The quantitative estimate of drug-likeness (QED) is 0.539. The number of fused-ring (bicyclic) bond motifs is 1. The molecule has 1 aliphatic carbocycles. The summed E-state index contributed by atoms with van der Waals surface area (Å²) in [5, 5.41) is 1.21. The molecule has 2 aromatic carbocycles. The summed E-state index contributed by atoms with van der Waals surface area (Å²) in [6, 6.07) is 11.7. The normalized spacial score (nSPS) is 17.5. The number of nitrogens with zero attached hydrogens (tertiary/aromatic N) is 1. The average Bonchev–Trinajstić information content (AvgIpc) is 3.53. The van der Waals surface area contributed by atoms with Gasteiger partial charge in [0.05, 0.1) is 20.3 Å². The predicted octanol–water partition coefficient (Wildman–Crippen LogP) is 5.53. The van der Waals surface area contributed by atoms with Crippen LogP contribution in [0.5, 0.6) is 17.2 Å². The lowest BCUT2D eigenvalue weighted by Crippen LogP contribution is -2.37. The van der Waals surface area contributed by atoms with E-state index in [9.17, 15) is 4.79 Å². The molecule has 1 aromatic heterocycles. The van der Waals surface area contributed by atoms with Gasteiger partial charge in [-0.1, -0.05) is 0 Å². The van der Waals surface area contributed by atoms with Gasteiger partial charge in [-0.3, -0.25) is 4.79 Å². The number of rotatable bonds is 6. The van der Waals surface area contributed by atoms with Crippen molar-refractivity contribution in [3.05, 3.63) is 53.7 Å². The zero-order valence-corrected chi connectivity index (χ0v) is 19.4. The highest BCUT2D eigenvalue weighted by Gasteiger charge is 2.27. The lowest BCUT2D eigenvalue weighted by Gasteiger charge is -2.32. The van der Waals surface area contributed by atoms with Crippen molar-refractivity contribution in [2.75, 3.05) is 27.3 Å². The Hall–Kier alpha value is -3.15. The van der Waals surface area contributed by atoms with E-state index in [4.69, 9.17) is 14.2 Å². The number of hydrogen-bond donors (Lipinski definition) is 1. The predicted molar refractivity (Wildman–Crippen MR) is 129 cm³/mol. The third-order valence-electron chi connectivity index (χ3n) is 7.15. The Labute approximate surface area is 194 Å². The minimum Gasteiger partial charge on any atom is -0.497 e. The maximum Gasteiger partial charge on any atom is 0.253 e. The number of piperidine rings is 1. The minimum absolute atomic E-state index is 0.0553. The molecule has 6 nitrogen and oxygen atoms in total. The van der Waals surface area contributed by atoms with Crippen LogP contribution in [-0.2, 0) is 0 Å². The van der Waals surface area contributed by atoms with Crippen molar-refractivity contribution in [2.45, 2.75) is 50.5 Å². The molecule has 1 N–H and O–H groups in total. The van der Waals surface area contributed by atoms with Crippen LogP contribution in [-0.4, -0.2) is 49.2 Å². The first-order valence-electron chi connectivity index (χ1n) is 11.9. The van der Waals surface area contributed by atoms with Crippen molar-refractivity contribution in [1.82, 2.24) is 9.88 Å². The zero-order chi connectivity index (χ0) is 22.8. The molecule has 1 aliphatic heterocycles. The van der Waals surface area contributed by atoms with Gasteiger partial charge in [0.15, 0.2) is 11.5 Å². The van der Waals surface area contributed by atoms with E-state index in [0.717, 1.165) is 55.8 Å². The van der Waals surface area contributed by atoms with Crippen LogP contribution in [0.25, 0.3) is 10.9 Å². The van der Waals surface area contributed by atoms with Crippen molar-refractivity contribution >= 4 is 16.8 Å². The van der Waals surface area contributed by atoms with Gasteiger partial charge in [-0.2, -0.15) is 0 Å². The van der Waals surface area contributed by atoms with E-state index in [1.54, 1.807) is 14.2 Å². The van der Waals surface area contributed by atoms with E-state index in [-0.39, 0.29) is 12.0 Å². The molecule has 2 aliphatic rings. The van der Waals surface area contributed by atoms with E-state index < -0.39 is 0 Å². The molecule has 1 saturated heterocycles. The fourth-order valence-corrected chi connectivity index (χ4v) is 5.25. The van der Waals surface area contributed by atoms with Crippen molar-refractivity contribution in [3.63, 3.8) is 0 Å². The highest BCUT2D eigenvalue weighted by molar-refractivity contribution is 5.95. The van der Waals surface area contributed by atoms with Crippen LogP contribution < -0.4 is 14.2 Å². The van der Waals surface area contributed by atoms with E-state index in [0.29, 0.717) is 17.2 Å². The van der Waals surface area contributed by atoms with Gasteiger partial charge in [0.2, 0.25) is 0 Å². The van der Waals surface area contributed by atoms with Gasteiger partial charge in [0.25, 0.3) is 5.91 Å². The second-order valence-corrected chi connectivity index (χ2v) is 9.11. The number of hydrogen-bond acceptors (Lipinski definition) is 4. The molecule has 0 radical (unpaired) electrons. The van der Waals surface area contributed by atoms with Crippen LogP contribution in [0.15, 0.2) is 42.6 Å². The second-order valence-electron chi connectivity index (χ2n) is 9.11. The van der Waals surface area contributed by atoms with Crippen LogP contribution in [0.1, 0.15) is 60.4 Å². The molecule has 174 valence electrons. The van der Waals surface area contributed by atoms with Gasteiger partial charge in [-0.25, -0.2) is 0 Å². The van der Waals surface area contributed by atoms with Crippen LogP contribution in [0, 0.1) is 0 Å². The highest BCUT2D eigenvalue weighted by Crippen LogP contribution is 2.36. The van der Waals surface area contributed by atoms with Crippen LogP contribution >= 0.6 is 0 Å². The number of methoxy groups -OCH3 is 2. The number of amides is 1. The van der Waals surface area contributed by atoms with Crippen molar-refractivity contribution in [2.24, 2.45) is 0 Å². The summed E-state index contributed by atoms with van der Waals surface area (Å²) >= 11 is 0. The van der Waals surface area contributed by atoms with Gasteiger partial charge < -0.3 is 24.1 Å². The summed E-state index contributed by atoms with van der Waals surface area (Å²) in [4.78, 5) is 18.6. The molecule has 3 aromatic rings. The number of likely N-dealkylation sites (tertiary alicyclic amines) is 1. The molecule has 1 saturated carbocycles. The zero-order valence-electron chi connectivity index (χ0n) is 19.4. The van der Waals surface area contributed by atoms with E-state index >= 15 is 0 Å². The van der Waals surface area contributed by atoms with E-state index in [2.05, 4.69) is 23.3 Å². The Morgan fingerprint density at radius 1 is 0.939 bits per heavy atom. The molecule has 2 fully saturated rings. The molecule has 1 amide bonds. The Balaban J connectivity index is 1.26. The fraction of sp³-hybridized carbons (Fsp3) is 0.444. The number of ether oxygens (including phenoxy) is 3. The fourth-order valence-electron chi connectivity index (χ4n) is 5.25. The van der Waals surface area contributed by atoms with Gasteiger partial charge >= 0.3 is 0 Å². The lowest BCUT2D eigenvalue weighted by molar-refractivity contribution is 0.0713. The third kappa shape index (κ3) is 4.39. The topological polar surface area (TPSA) is 63.8 Å². The van der Waals surface area contributed by atoms with Crippen LogP contribution in [0.2, 0.25) is 0 Å². The van der Waals surface area contributed by atoms with Crippen molar-refractivity contribution in [1.29, 1.82) is 0 Å². The van der Waals surface area contributed by atoms with Crippen molar-refractivity contribution < 1.29 is 19.0 Å². The number of aromatic nitrogens is 1. The number of nitrogens with one attached hydrogen (secondary N) is 1. The maximum absolute atomic E-state index is 13.2. The molecule has 33 heavy (non-hydrogen) atoms. The van der Waals surface area contributed by atoms with Gasteiger partial charge in [-0.15, -0.1) is 0 Å². The Morgan fingerprint density at radius 2 is 1.73 bits per heavy atom. The SMILES string of the molecule is COc1ccc2[nH]cc(C3CCN(C(=O)c4ccc(OC5CCCC5)c(OC)c4)CC3)c2c1. The first kappa shape index (κ1) is 21.7. The number of H-pyrrole nitrogens is 1. The molecule has 2 heterocycles. The van der Waals surface area contributed by atoms with Crippen LogP contribution in [0.4, 0.5) is 0 Å².